The SMILES string of the molecule is COc1ccccc1CP(Br)(C1=CCC=C1)(c1ccccc1)c1ccccc1. The van der Waals surface area contributed by atoms with Crippen molar-refractivity contribution < 1.29 is 4.74 Å². The third-order valence-corrected chi connectivity index (χ3v) is 15.1. The van der Waals surface area contributed by atoms with Crippen LogP contribution in [0, 0.1) is 0 Å². The van der Waals surface area contributed by atoms with Gasteiger partial charge in [-0.2, -0.15) is 0 Å². The Hall–Kier alpha value is -2.15. The quantitative estimate of drug-likeness (QED) is 0.386. The third-order valence-electron chi connectivity index (χ3n) is 5.54. The Kier molecular flexibility index (Phi) is 5.27. The van der Waals surface area contributed by atoms with Gasteiger partial charge in [0.25, 0.3) is 0 Å². The Morgan fingerprint density at radius 2 is 1.39 bits per heavy atom. The average molecular weight is 451 g/mol. The van der Waals surface area contributed by atoms with E-state index in [0.717, 1.165) is 18.3 Å². The van der Waals surface area contributed by atoms with E-state index in [-0.39, 0.29) is 0 Å². The molecule has 1 aliphatic carbocycles. The van der Waals surface area contributed by atoms with E-state index in [9.17, 15) is 0 Å². The van der Waals surface area contributed by atoms with Crippen LogP contribution in [0.2, 0.25) is 0 Å². The molecular formula is C25H24BrOP. The van der Waals surface area contributed by atoms with Gasteiger partial charge < -0.3 is 0 Å². The molecule has 0 unspecified atom stereocenters. The zero-order chi connectivity index (χ0) is 19.5. The van der Waals surface area contributed by atoms with E-state index in [0.29, 0.717) is 0 Å². The number of benzene rings is 3. The number of ether oxygens (including phenoxy) is 1. The monoisotopic (exact) mass is 450 g/mol. The van der Waals surface area contributed by atoms with Gasteiger partial charge in [-0.25, -0.2) is 0 Å². The molecule has 0 fully saturated rings. The van der Waals surface area contributed by atoms with Gasteiger partial charge in [-0.15, -0.1) is 0 Å². The summed E-state index contributed by atoms with van der Waals surface area (Å²) in [7, 11) is 1.75. The molecule has 3 aromatic carbocycles. The number of hydrogen-bond donors (Lipinski definition) is 0. The van der Waals surface area contributed by atoms with Crippen LogP contribution < -0.4 is 15.3 Å². The molecule has 3 heteroatoms. The molecule has 4 rings (SSSR count). The molecule has 0 saturated heterocycles. The summed E-state index contributed by atoms with van der Waals surface area (Å²) >= 11 is 4.49. The molecule has 3 aromatic rings. The first-order valence-corrected chi connectivity index (χ1v) is 13.9. The van der Waals surface area contributed by atoms with Gasteiger partial charge in [0.2, 0.25) is 0 Å². The van der Waals surface area contributed by atoms with Crippen LogP contribution in [0.25, 0.3) is 0 Å². The molecule has 142 valence electrons. The zero-order valence-corrected chi connectivity index (χ0v) is 18.4. The number of rotatable bonds is 6. The standard InChI is InChI=1S/C25H24BrOP/c1-27-25-19-11-8-12-21(25)20-28(26,24-17-9-10-18-24,22-13-4-2-5-14-22)23-15-6-3-7-16-23/h2-9,11-19H,10,20H2,1H3. The minimum atomic E-state index is -2.91. The molecule has 0 heterocycles. The topological polar surface area (TPSA) is 9.23 Å². The van der Waals surface area contributed by atoms with Gasteiger partial charge in [-0.3, -0.25) is 0 Å². The molecule has 0 saturated carbocycles. The number of halogens is 1. The summed E-state index contributed by atoms with van der Waals surface area (Å²) in [5.41, 5.74) is 1.22. The summed E-state index contributed by atoms with van der Waals surface area (Å²) in [5.74, 6) is 0.936. The van der Waals surface area contributed by atoms with Crippen molar-refractivity contribution in [3.63, 3.8) is 0 Å². The van der Waals surface area contributed by atoms with Crippen molar-refractivity contribution >= 4 is 31.4 Å². The van der Waals surface area contributed by atoms with Crippen molar-refractivity contribution in [3.05, 3.63) is 114 Å². The predicted molar refractivity (Wildman–Crippen MR) is 127 cm³/mol. The second kappa shape index (κ2) is 7.70. The average Bonchev–Trinajstić information content (AvgIpc) is 3.32. The van der Waals surface area contributed by atoms with Gasteiger partial charge in [0.15, 0.2) is 0 Å². The Labute approximate surface area is 175 Å². The molecule has 0 radical (unpaired) electrons. The molecule has 28 heavy (non-hydrogen) atoms. The Bertz CT molecular complexity index is 985. The van der Waals surface area contributed by atoms with Crippen molar-refractivity contribution in [2.45, 2.75) is 12.6 Å². The van der Waals surface area contributed by atoms with Crippen LogP contribution in [0.5, 0.6) is 5.75 Å². The maximum atomic E-state index is 5.73. The van der Waals surface area contributed by atoms with Gasteiger partial charge >= 0.3 is 176 Å². The first kappa shape index (κ1) is 19.2. The first-order chi connectivity index (χ1) is 13.7. The summed E-state index contributed by atoms with van der Waals surface area (Å²) in [5, 5.41) is 1.14. The van der Waals surface area contributed by atoms with Gasteiger partial charge in [0.05, 0.1) is 0 Å². The number of methoxy groups -OCH3 is 1. The summed E-state index contributed by atoms with van der Waals surface area (Å²) in [6.45, 7) is 0. The van der Waals surface area contributed by atoms with E-state index in [1.54, 1.807) is 7.11 Å². The van der Waals surface area contributed by atoms with E-state index in [2.05, 4.69) is 113 Å². The Morgan fingerprint density at radius 1 is 0.821 bits per heavy atom. The molecular weight excluding hydrogens is 427 g/mol. The van der Waals surface area contributed by atoms with Gasteiger partial charge in [-0.05, 0) is 0 Å². The van der Waals surface area contributed by atoms with E-state index >= 15 is 0 Å². The van der Waals surface area contributed by atoms with Crippen LogP contribution in [-0.2, 0) is 6.16 Å². The minimum absolute atomic E-state index is 0.861. The molecule has 0 aromatic heterocycles. The van der Waals surface area contributed by atoms with Crippen LogP contribution in [0.1, 0.15) is 12.0 Å². The van der Waals surface area contributed by atoms with E-state index in [1.807, 2.05) is 6.07 Å². The van der Waals surface area contributed by atoms with Gasteiger partial charge in [0, 0.05) is 0 Å². The summed E-state index contributed by atoms with van der Waals surface area (Å²) < 4.78 is 5.73. The zero-order valence-electron chi connectivity index (χ0n) is 16.0. The number of hydrogen-bond acceptors (Lipinski definition) is 1. The van der Waals surface area contributed by atoms with Crippen molar-refractivity contribution in [2.24, 2.45) is 0 Å². The normalized spacial score (nSPS) is 14.9. The summed E-state index contributed by atoms with van der Waals surface area (Å²) in [4.78, 5) is 0. The summed E-state index contributed by atoms with van der Waals surface area (Å²) in [6.07, 6.45) is 8.78. The molecule has 0 atom stereocenters. The fourth-order valence-corrected chi connectivity index (χ4v) is 12.0. The van der Waals surface area contributed by atoms with Crippen LogP contribution in [-0.4, -0.2) is 7.11 Å². The van der Waals surface area contributed by atoms with Crippen LogP contribution in [0.15, 0.2) is 108 Å². The molecule has 0 bridgehead atoms. The van der Waals surface area contributed by atoms with Crippen LogP contribution in [0.3, 0.4) is 0 Å². The van der Waals surface area contributed by atoms with Crippen LogP contribution >= 0.6 is 20.8 Å². The van der Waals surface area contributed by atoms with Crippen molar-refractivity contribution in [1.82, 2.24) is 0 Å². The van der Waals surface area contributed by atoms with Crippen LogP contribution in [0.4, 0.5) is 0 Å². The molecule has 0 amide bonds. The number of allylic oxidation sites excluding steroid dienone is 4. The fraction of sp³-hybridized carbons (Fsp3) is 0.120. The van der Waals surface area contributed by atoms with Gasteiger partial charge in [-0.1, -0.05) is 0 Å². The van der Waals surface area contributed by atoms with Gasteiger partial charge in [0.1, 0.15) is 0 Å². The molecule has 1 aliphatic rings. The predicted octanol–water partition coefficient (Wildman–Crippen LogP) is 6.55. The molecule has 0 aliphatic heterocycles. The first-order valence-electron chi connectivity index (χ1n) is 9.50. The van der Waals surface area contributed by atoms with Crippen molar-refractivity contribution in [2.75, 3.05) is 7.11 Å². The third kappa shape index (κ3) is 3.05. The van der Waals surface area contributed by atoms with Crippen molar-refractivity contribution in [3.8, 4) is 5.75 Å². The van der Waals surface area contributed by atoms with E-state index in [4.69, 9.17) is 4.74 Å². The Morgan fingerprint density at radius 3 is 1.93 bits per heavy atom. The number of para-hydroxylation sites is 1. The fourth-order valence-electron chi connectivity index (χ4n) is 4.14. The molecule has 0 spiro atoms. The maximum absolute atomic E-state index is 5.73. The summed E-state index contributed by atoms with van der Waals surface area (Å²) in [6, 6.07) is 30.2. The van der Waals surface area contributed by atoms with Crippen molar-refractivity contribution in [1.29, 1.82) is 0 Å². The molecule has 1 nitrogen and oxygen atoms in total. The Balaban J connectivity index is 2.06. The van der Waals surface area contributed by atoms with E-state index < -0.39 is 5.31 Å². The molecule has 0 N–H and O–H groups in total. The second-order valence-electron chi connectivity index (χ2n) is 7.09. The van der Waals surface area contributed by atoms with E-state index in [1.165, 1.54) is 21.5 Å². The second-order valence-corrected chi connectivity index (χ2v) is 16.0.